The van der Waals surface area contributed by atoms with Crippen LogP contribution in [0.4, 0.5) is 5.69 Å². The molecule has 0 amide bonds. The molecule has 3 aromatic carbocycles. The monoisotopic (exact) mass is 405 g/mol. The lowest BCUT2D eigenvalue weighted by Crippen LogP contribution is -2.24. The molecule has 1 aliphatic heterocycles. The maximum Gasteiger partial charge on any atom is 0.231 e. The summed E-state index contributed by atoms with van der Waals surface area (Å²) in [5.74, 6) is 0.858. The second kappa shape index (κ2) is 7.41. The van der Waals surface area contributed by atoms with Gasteiger partial charge in [-0.25, -0.2) is 8.42 Å². The lowest BCUT2D eigenvalue weighted by Gasteiger charge is -2.17. The zero-order chi connectivity index (χ0) is 20.6. The largest absolute Gasteiger partial charge is 0.488 e. The second-order valence-electron chi connectivity index (χ2n) is 7.33. The summed E-state index contributed by atoms with van der Waals surface area (Å²) < 4.78 is 31.3. The number of fused-ring (bicyclic) bond motifs is 2. The van der Waals surface area contributed by atoms with Crippen molar-refractivity contribution in [1.82, 2.24) is 0 Å². The van der Waals surface area contributed by atoms with E-state index in [9.17, 15) is 8.42 Å². The summed E-state index contributed by atoms with van der Waals surface area (Å²) >= 11 is 0. The summed E-state index contributed by atoms with van der Waals surface area (Å²) in [6.45, 7) is 2.57. The highest BCUT2D eigenvalue weighted by Gasteiger charge is 2.19. The van der Waals surface area contributed by atoms with Crippen LogP contribution in [0, 0.1) is 6.92 Å². The van der Waals surface area contributed by atoms with Gasteiger partial charge in [-0.1, -0.05) is 48.5 Å². The van der Waals surface area contributed by atoms with Crippen LogP contribution < -0.4 is 9.04 Å². The average molecular weight is 406 g/mol. The van der Waals surface area contributed by atoms with Crippen LogP contribution in [-0.4, -0.2) is 21.7 Å². The topological polar surface area (TPSA) is 46.6 Å². The summed E-state index contributed by atoms with van der Waals surface area (Å²) in [7, 11) is -1.76. The molecule has 0 radical (unpaired) electrons. The van der Waals surface area contributed by atoms with E-state index in [1.54, 1.807) is 13.1 Å². The maximum absolute atomic E-state index is 11.9. The van der Waals surface area contributed by atoms with Crippen molar-refractivity contribution in [3.8, 4) is 5.75 Å². The zero-order valence-electron chi connectivity index (χ0n) is 16.7. The first kappa shape index (κ1) is 19.3. The van der Waals surface area contributed by atoms with E-state index in [0.717, 1.165) is 39.1 Å². The fourth-order valence-corrected chi connectivity index (χ4v) is 4.00. The lowest BCUT2D eigenvalue weighted by atomic mass is 9.92. The van der Waals surface area contributed by atoms with E-state index in [4.69, 9.17) is 4.74 Å². The van der Waals surface area contributed by atoms with Crippen LogP contribution in [0.15, 0.2) is 66.7 Å². The van der Waals surface area contributed by atoms with Gasteiger partial charge in [0.05, 0.1) is 11.9 Å². The third kappa shape index (κ3) is 3.91. The van der Waals surface area contributed by atoms with Gasteiger partial charge < -0.3 is 4.74 Å². The van der Waals surface area contributed by atoms with Crippen LogP contribution in [-0.2, 0) is 16.6 Å². The van der Waals surface area contributed by atoms with Gasteiger partial charge in [-0.15, -0.1) is 0 Å². The summed E-state index contributed by atoms with van der Waals surface area (Å²) in [5, 5.41) is 0. The van der Waals surface area contributed by atoms with Gasteiger partial charge in [0.2, 0.25) is 10.0 Å². The van der Waals surface area contributed by atoms with Crippen LogP contribution in [0.3, 0.4) is 0 Å². The SMILES string of the molecule is Cc1ccc2c(c1)OCc1ccccc1/C2=C\c1cccc(N(C)S(C)(=O)=O)c1. The molecule has 0 saturated carbocycles. The van der Waals surface area contributed by atoms with Crippen molar-refractivity contribution in [3.63, 3.8) is 0 Å². The Hall–Kier alpha value is -3.05. The Balaban J connectivity index is 1.89. The van der Waals surface area contributed by atoms with Gasteiger partial charge in [-0.2, -0.15) is 0 Å². The van der Waals surface area contributed by atoms with E-state index in [1.807, 2.05) is 30.3 Å². The molecule has 0 bridgehead atoms. The second-order valence-corrected chi connectivity index (χ2v) is 9.34. The predicted octanol–water partition coefficient (Wildman–Crippen LogP) is 4.87. The van der Waals surface area contributed by atoms with Crippen molar-refractivity contribution >= 4 is 27.4 Å². The minimum Gasteiger partial charge on any atom is -0.488 e. The standard InChI is InChI=1S/C24H23NO3S/c1-17-11-12-22-23(21-10-5-4-8-19(21)16-28-24(22)13-17)15-18-7-6-9-20(14-18)25(2)29(3,26)27/h4-15H,16H2,1-3H3/b23-15+. The molecule has 5 heteroatoms. The Kier molecular flexibility index (Phi) is 4.92. The number of hydrogen-bond donors (Lipinski definition) is 0. The minimum atomic E-state index is -3.32. The van der Waals surface area contributed by atoms with Crippen molar-refractivity contribution < 1.29 is 13.2 Å². The third-order valence-electron chi connectivity index (χ3n) is 5.16. The molecule has 0 unspecified atom stereocenters. The van der Waals surface area contributed by atoms with Crippen LogP contribution in [0.25, 0.3) is 11.6 Å². The minimum absolute atomic E-state index is 0.515. The van der Waals surface area contributed by atoms with Gasteiger partial charge in [0.25, 0.3) is 0 Å². The van der Waals surface area contributed by atoms with Gasteiger partial charge >= 0.3 is 0 Å². The molecule has 0 N–H and O–H groups in total. The number of benzene rings is 3. The molecule has 0 fully saturated rings. The quantitative estimate of drug-likeness (QED) is 0.624. The Morgan fingerprint density at radius 3 is 2.55 bits per heavy atom. The van der Waals surface area contributed by atoms with Crippen molar-refractivity contribution in [1.29, 1.82) is 0 Å². The van der Waals surface area contributed by atoms with Crippen molar-refractivity contribution in [2.75, 3.05) is 17.6 Å². The number of hydrogen-bond acceptors (Lipinski definition) is 3. The van der Waals surface area contributed by atoms with E-state index in [0.29, 0.717) is 12.3 Å². The number of rotatable bonds is 3. The molecule has 29 heavy (non-hydrogen) atoms. The van der Waals surface area contributed by atoms with Crippen molar-refractivity contribution in [3.05, 3.63) is 94.5 Å². The molecule has 0 atom stereocenters. The fraction of sp³-hybridized carbons (Fsp3) is 0.167. The lowest BCUT2D eigenvalue weighted by molar-refractivity contribution is 0.307. The van der Waals surface area contributed by atoms with Gasteiger partial charge in [0.15, 0.2) is 0 Å². The van der Waals surface area contributed by atoms with E-state index >= 15 is 0 Å². The van der Waals surface area contributed by atoms with Gasteiger partial charge in [0.1, 0.15) is 12.4 Å². The fourth-order valence-electron chi connectivity index (χ4n) is 3.51. The van der Waals surface area contributed by atoms with Gasteiger partial charge in [0, 0.05) is 12.6 Å². The molecule has 3 aromatic rings. The van der Waals surface area contributed by atoms with E-state index < -0.39 is 10.0 Å². The molecule has 0 saturated heterocycles. The van der Waals surface area contributed by atoms with Gasteiger partial charge in [-0.3, -0.25) is 4.31 Å². The molecule has 0 aliphatic carbocycles. The highest BCUT2D eigenvalue weighted by molar-refractivity contribution is 7.92. The number of nitrogens with zero attached hydrogens (tertiary/aromatic N) is 1. The van der Waals surface area contributed by atoms with Crippen LogP contribution >= 0.6 is 0 Å². The zero-order valence-corrected chi connectivity index (χ0v) is 17.5. The Morgan fingerprint density at radius 1 is 0.966 bits per heavy atom. The summed E-state index contributed by atoms with van der Waals surface area (Å²) in [5.41, 5.74) is 7.04. The van der Waals surface area contributed by atoms with Crippen LogP contribution in [0.1, 0.15) is 27.8 Å². The van der Waals surface area contributed by atoms with Gasteiger partial charge in [-0.05, 0) is 59.0 Å². The van der Waals surface area contributed by atoms with E-state index in [-0.39, 0.29) is 0 Å². The summed E-state index contributed by atoms with van der Waals surface area (Å²) in [6, 6.07) is 22.0. The first-order valence-corrected chi connectivity index (χ1v) is 11.3. The van der Waals surface area contributed by atoms with E-state index in [1.165, 1.54) is 10.6 Å². The average Bonchev–Trinajstić information content (AvgIpc) is 2.84. The number of anilines is 1. The van der Waals surface area contributed by atoms with Crippen molar-refractivity contribution in [2.45, 2.75) is 13.5 Å². The molecule has 0 aromatic heterocycles. The Labute approximate surface area is 172 Å². The predicted molar refractivity (Wildman–Crippen MR) is 119 cm³/mol. The van der Waals surface area contributed by atoms with Crippen molar-refractivity contribution in [2.24, 2.45) is 0 Å². The Morgan fingerprint density at radius 2 is 1.76 bits per heavy atom. The molecule has 148 valence electrons. The van der Waals surface area contributed by atoms with Crippen LogP contribution in [0.2, 0.25) is 0 Å². The molecular weight excluding hydrogens is 382 g/mol. The Bertz CT molecular complexity index is 1210. The number of sulfonamides is 1. The first-order chi connectivity index (χ1) is 13.8. The van der Waals surface area contributed by atoms with E-state index in [2.05, 4.69) is 43.3 Å². The smallest absolute Gasteiger partial charge is 0.231 e. The maximum atomic E-state index is 11.9. The molecule has 4 rings (SSSR count). The van der Waals surface area contributed by atoms with Crippen LogP contribution in [0.5, 0.6) is 5.75 Å². The highest BCUT2D eigenvalue weighted by Crippen LogP contribution is 2.38. The summed E-state index contributed by atoms with van der Waals surface area (Å²) in [4.78, 5) is 0. The molecule has 4 nitrogen and oxygen atoms in total. The normalized spacial score (nSPS) is 14.5. The number of ether oxygens (including phenoxy) is 1. The first-order valence-electron chi connectivity index (χ1n) is 9.41. The summed E-state index contributed by atoms with van der Waals surface area (Å²) in [6.07, 6.45) is 3.30. The third-order valence-corrected chi connectivity index (χ3v) is 6.37. The molecule has 1 heterocycles. The number of aryl methyl sites for hydroxylation is 1. The molecular formula is C24H23NO3S. The molecule has 0 spiro atoms. The highest BCUT2D eigenvalue weighted by atomic mass is 32.2. The molecule has 1 aliphatic rings.